The highest BCUT2D eigenvalue weighted by molar-refractivity contribution is 5.92. The van der Waals surface area contributed by atoms with Crippen molar-refractivity contribution >= 4 is 22.3 Å². The fraction of sp³-hybridized carbons (Fsp3) is 0.391. The predicted molar refractivity (Wildman–Crippen MR) is 114 cm³/mol. The van der Waals surface area contributed by atoms with E-state index in [1.165, 1.54) is 46.2 Å². The molecule has 1 unspecified atom stereocenters. The first-order valence-corrected chi connectivity index (χ1v) is 10.2. The summed E-state index contributed by atoms with van der Waals surface area (Å²) in [5.41, 5.74) is 6.89. The molecule has 27 heavy (non-hydrogen) atoms. The zero-order valence-corrected chi connectivity index (χ0v) is 16.0. The maximum Gasteiger partial charge on any atom is 0.0474 e. The molecule has 0 saturated carbocycles. The molecule has 5 rings (SSSR count). The maximum absolute atomic E-state index is 3.79. The van der Waals surface area contributed by atoms with Gasteiger partial charge in [-0.2, -0.15) is 0 Å². The Morgan fingerprint density at radius 3 is 2.74 bits per heavy atom. The van der Waals surface area contributed by atoms with Crippen LogP contribution in [0.5, 0.6) is 0 Å². The van der Waals surface area contributed by atoms with Crippen molar-refractivity contribution in [1.29, 1.82) is 0 Å². The molecule has 0 aliphatic carbocycles. The molecule has 3 aromatic rings. The Hall–Kier alpha value is -2.46. The van der Waals surface area contributed by atoms with Crippen LogP contribution in [0.3, 0.4) is 0 Å². The van der Waals surface area contributed by atoms with Crippen LogP contribution in [0, 0.1) is 6.92 Å². The van der Waals surface area contributed by atoms with Crippen molar-refractivity contribution in [3.05, 3.63) is 59.8 Å². The largest absolute Gasteiger partial charge is 0.381 e. The van der Waals surface area contributed by atoms with Gasteiger partial charge in [0.25, 0.3) is 0 Å². The number of aryl methyl sites for hydroxylation is 1. The zero-order chi connectivity index (χ0) is 18.2. The molecule has 3 heterocycles. The van der Waals surface area contributed by atoms with Crippen molar-refractivity contribution in [2.75, 3.05) is 42.9 Å². The van der Waals surface area contributed by atoms with Crippen LogP contribution in [-0.4, -0.2) is 48.6 Å². The summed E-state index contributed by atoms with van der Waals surface area (Å²) in [6.07, 6.45) is 4.48. The molecule has 2 N–H and O–H groups in total. The van der Waals surface area contributed by atoms with Crippen LogP contribution >= 0.6 is 0 Å². The molecular weight excluding hydrogens is 332 g/mol. The second kappa shape index (κ2) is 6.93. The van der Waals surface area contributed by atoms with Gasteiger partial charge in [0.2, 0.25) is 0 Å². The van der Waals surface area contributed by atoms with Gasteiger partial charge < -0.3 is 15.2 Å². The monoisotopic (exact) mass is 360 g/mol. The van der Waals surface area contributed by atoms with Crippen molar-refractivity contribution in [2.45, 2.75) is 25.8 Å². The van der Waals surface area contributed by atoms with E-state index in [4.69, 9.17) is 0 Å². The van der Waals surface area contributed by atoms with E-state index in [1.807, 2.05) is 6.20 Å². The summed E-state index contributed by atoms with van der Waals surface area (Å²) in [5, 5.41) is 5.13. The van der Waals surface area contributed by atoms with Crippen LogP contribution in [0.15, 0.2) is 48.7 Å². The number of H-pyrrole nitrogens is 1. The molecule has 2 aromatic carbocycles. The normalized spacial score (nSPS) is 20.5. The van der Waals surface area contributed by atoms with E-state index in [9.17, 15) is 0 Å². The summed E-state index contributed by atoms with van der Waals surface area (Å²) in [4.78, 5) is 8.50. The average Bonchev–Trinajstić information content (AvgIpc) is 3.18. The number of nitrogens with zero attached hydrogens (tertiary/aromatic N) is 2. The highest BCUT2D eigenvalue weighted by atomic mass is 15.3. The summed E-state index contributed by atoms with van der Waals surface area (Å²) in [5.74, 6) is 0. The van der Waals surface area contributed by atoms with Gasteiger partial charge in [-0.15, -0.1) is 0 Å². The van der Waals surface area contributed by atoms with Crippen molar-refractivity contribution in [3.8, 4) is 0 Å². The molecule has 0 amide bonds. The number of aromatic amines is 1. The smallest absolute Gasteiger partial charge is 0.0474 e. The first kappa shape index (κ1) is 16.7. The molecule has 0 bridgehead atoms. The molecule has 0 radical (unpaired) electrons. The lowest BCUT2D eigenvalue weighted by molar-refractivity contribution is 0.243. The summed E-state index contributed by atoms with van der Waals surface area (Å²) in [7, 11) is 0. The number of rotatable bonds is 3. The highest BCUT2D eigenvalue weighted by Gasteiger charge is 2.24. The summed E-state index contributed by atoms with van der Waals surface area (Å²) >= 11 is 0. The third-order valence-electron chi connectivity index (χ3n) is 6.28. The lowest BCUT2D eigenvalue weighted by Gasteiger charge is -2.39. The standard InChI is InChI=1S/C23H28N4/c1-17-4-2-6-22-19(17)9-8-18(25-22)16-26-12-14-27(15-13-26)23-7-3-5-21-20(23)10-11-24-21/h2-7,10-11,18,24-25H,8-9,12-16H2,1H3. The van der Waals surface area contributed by atoms with E-state index >= 15 is 0 Å². The number of nitrogens with one attached hydrogen (secondary N) is 2. The summed E-state index contributed by atoms with van der Waals surface area (Å²) in [6.45, 7) is 7.86. The fourth-order valence-electron chi connectivity index (χ4n) is 4.74. The molecule has 1 atom stereocenters. The van der Waals surface area contributed by atoms with E-state index in [0.29, 0.717) is 6.04 Å². The summed E-state index contributed by atoms with van der Waals surface area (Å²) < 4.78 is 0. The fourth-order valence-corrected chi connectivity index (χ4v) is 4.74. The van der Waals surface area contributed by atoms with Crippen LogP contribution < -0.4 is 10.2 Å². The SMILES string of the molecule is Cc1cccc2c1CCC(CN1CCN(c3cccc4[nH]ccc34)CC1)N2. The molecule has 1 aromatic heterocycles. The molecule has 140 valence electrons. The Balaban J connectivity index is 1.21. The lowest BCUT2D eigenvalue weighted by atomic mass is 9.94. The van der Waals surface area contributed by atoms with Gasteiger partial charge in [-0.1, -0.05) is 18.2 Å². The predicted octanol–water partition coefficient (Wildman–Crippen LogP) is 4.03. The molecule has 1 fully saturated rings. The van der Waals surface area contributed by atoms with E-state index in [2.05, 4.69) is 69.5 Å². The topological polar surface area (TPSA) is 34.3 Å². The van der Waals surface area contributed by atoms with Gasteiger partial charge in [0, 0.05) is 67.2 Å². The Morgan fingerprint density at radius 1 is 1.00 bits per heavy atom. The van der Waals surface area contributed by atoms with Crippen LogP contribution in [0.1, 0.15) is 17.5 Å². The Bertz CT molecular complexity index is 936. The van der Waals surface area contributed by atoms with Gasteiger partial charge in [-0.05, 0) is 55.2 Å². The highest BCUT2D eigenvalue weighted by Crippen LogP contribution is 2.29. The van der Waals surface area contributed by atoms with Gasteiger partial charge in [0.1, 0.15) is 0 Å². The molecule has 2 aliphatic rings. The second-order valence-electron chi connectivity index (χ2n) is 7.98. The van der Waals surface area contributed by atoms with Crippen molar-refractivity contribution in [2.24, 2.45) is 0 Å². The number of hydrogen-bond acceptors (Lipinski definition) is 3. The quantitative estimate of drug-likeness (QED) is 0.740. The Morgan fingerprint density at radius 2 is 1.85 bits per heavy atom. The van der Waals surface area contributed by atoms with Crippen LogP contribution in [0.4, 0.5) is 11.4 Å². The minimum atomic E-state index is 0.568. The van der Waals surface area contributed by atoms with Gasteiger partial charge >= 0.3 is 0 Å². The second-order valence-corrected chi connectivity index (χ2v) is 7.98. The number of piperazine rings is 1. The average molecular weight is 361 g/mol. The van der Waals surface area contributed by atoms with Crippen LogP contribution in [0.2, 0.25) is 0 Å². The van der Waals surface area contributed by atoms with Crippen molar-refractivity contribution < 1.29 is 0 Å². The van der Waals surface area contributed by atoms with Crippen LogP contribution in [-0.2, 0) is 6.42 Å². The van der Waals surface area contributed by atoms with Crippen LogP contribution in [0.25, 0.3) is 10.9 Å². The number of aromatic nitrogens is 1. The molecule has 1 saturated heterocycles. The summed E-state index contributed by atoms with van der Waals surface area (Å²) in [6, 6.07) is 16.0. The number of hydrogen-bond donors (Lipinski definition) is 2. The first-order chi connectivity index (χ1) is 13.3. The number of fused-ring (bicyclic) bond motifs is 2. The molecule has 4 nitrogen and oxygen atoms in total. The molecule has 2 aliphatic heterocycles. The van der Waals surface area contributed by atoms with Gasteiger partial charge in [-0.25, -0.2) is 0 Å². The number of benzene rings is 2. The van der Waals surface area contributed by atoms with E-state index in [0.717, 1.165) is 32.7 Å². The minimum absolute atomic E-state index is 0.568. The Labute approximate surface area is 161 Å². The maximum atomic E-state index is 3.79. The minimum Gasteiger partial charge on any atom is -0.381 e. The van der Waals surface area contributed by atoms with Gasteiger partial charge in [0.15, 0.2) is 0 Å². The lowest BCUT2D eigenvalue weighted by Crippen LogP contribution is -2.50. The van der Waals surface area contributed by atoms with Crippen molar-refractivity contribution in [3.63, 3.8) is 0 Å². The molecular formula is C23H28N4. The number of anilines is 2. The third-order valence-corrected chi connectivity index (χ3v) is 6.28. The van der Waals surface area contributed by atoms with Crippen molar-refractivity contribution in [1.82, 2.24) is 9.88 Å². The van der Waals surface area contributed by atoms with Gasteiger partial charge in [0.05, 0.1) is 0 Å². The Kier molecular flexibility index (Phi) is 4.29. The third kappa shape index (κ3) is 3.19. The first-order valence-electron chi connectivity index (χ1n) is 10.2. The molecule has 4 heteroatoms. The van der Waals surface area contributed by atoms with E-state index in [1.54, 1.807) is 0 Å². The van der Waals surface area contributed by atoms with Gasteiger partial charge in [-0.3, -0.25) is 4.90 Å². The van der Waals surface area contributed by atoms with E-state index < -0.39 is 0 Å². The zero-order valence-electron chi connectivity index (χ0n) is 16.0. The van der Waals surface area contributed by atoms with E-state index in [-0.39, 0.29) is 0 Å². The molecule has 0 spiro atoms.